The fourth-order valence-electron chi connectivity index (χ4n) is 4.74. The van der Waals surface area contributed by atoms with E-state index in [9.17, 15) is 19.5 Å². The minimum atomic E-state index is -0.980. The lowest BCUT2D eigenvalue weighted by Crippen LogP contribution is -2.29. The molecule has 3 aromatic carbocycles. The summed E-state index contributed by atoms with van der Waals surface area (Å²) in [6.07, 6.45) is 0. The normalized spacial score (nSPS) is 16.1. The molecular weight excluding hydrogens is 620 g/mol. The highest BCUT2D eigenvalue weighted by Crippen LogP contribution is 2.44. The van der Waals surface area contributed by atoms with Crippen LogP contribution in [0.5, 0.6) is 5.75 Å². The molecule has 1 atom stereocenters. The molecule has 214 valence electrons. The van der Waals surface area contributed by atoms with Gasteiger partial charge in [-0.25, -0.2) is 9.78 Å². The van der Waals surface area contributed by atoms with Crippen molar-refractivity contribution in [2.75, 3.05) is 11.5 Å². The van der Waals surface area contributed by atoms with E-state index >= 15 is 0 Å². The lowest BCUT2D eigenvalue weighted by molar-refractivity contribution is -0.132. The Hall–Kier alpha value is -4.28. The Labute approximate surface area is 255 Å². The summed E-state index contributed by atoms with van der Waals surface area (Å²) < 4.78 is 11.9. The number of halogens is 1. The molecular formula is C32H27BrN2O6S. The number of aromatic nitrogens is 1. The van der Waals surface area contributed by atoms with Crippen LogP contribution in [0.2, 0.25) is 0 Å². The third-order valence-electron chi connectivity index (χ3n) is 6.78. The first kappa shape index (κ1) is 29.2. The van der Waals surface area contributed by atoms with Gasteiger partial charge < -0.3 is 14.6 Å². The Bertz CT molecular complexity index is 1700. The van der Waals surface area contributed by atoms with E-state index in [1.165, 1.54) is 4.90 Å². The number of amides is 1. The van der Waals surface area contributed by atoms with Gasteiger partial charge in [0.25, 0.3) is 5.78 Å². The first-order chi connectivity index (χ1) is 20.2. The second-order valence-corrected chi connectivity index (χ2v) is 11.5. The SMILES string of the molecule is CCOC(=O)c1sc(N2C(=O)C(=O)/C(=C(/O)c3ccc(OCc4ccccc4)cc3C)[C@H]2c2ccc(Br)cc2)nc1C. The van der Waals surface area contributed by atoms with E-state index in [1.807, 2.05) is 30.3 Å². The predicted molar refractivity (Wildman–Crippen MR) is 164 cm³/mol. The van der Waals surface area contributed by atoms with Crippen molar-refractivity contribution in [3.8, 4) is 5.75 Å². The molecule has 10 heteroatoms. The zero-order valence-electron chi connectivity index (χ0n) is 23.1. The van der Waals surface area contributed by atoms with Crippen molar-refractivity contribution in [2.24, 2.45) is 0 Å². The van der Waals surface area contributed by atoms with Crippen LogP contribution in [0.1, 0.15) is 50.6 Å². The number of thiazole rings is 1. The summed E-state index contributed by atoms with van der Waals surface area (Å²) in [6.45, 7) is 5.70. The lowest BCUT2D eigenvalue weighted by Gasteiger charge is -2.23. The van der Waals surface area contributed by atoms with Gasteiger partial charge in [-0.05, 0) is 67.8 Å². The quantitative estimate of drug-likeness (QED) is 0.0960. The molecule has 1 aliphatic rings. The van der Waals surface area contributed by atoms with Crippen molar-refractivity contribution in [3.05, 3.63) is 116 Å². The molecule has 0 bridgehead atoms. The number of aliphatic hydroxyl groups excluding tert-OH is 1. The van der Waals surface area contributed by atoms with Crippen LogP contribution >= 0.6 is 27.3 Å². The molecule has 0 spiro atoms. The lowest BCUT2D eigenvalue weighted by atomic mass is 9.94. The minimum absolute atomic E-state index is 0.0751. The molecule has 42 heavy (non-hydrogen) atoms. The summed E-state index contributed by atoms with van der Waals surface area (Å²) in [7, 11) is 0. The number of Topliss-reactive ketones (excluding diaryl/α,β-unsaturated/α-hetero) is 1. The van der Waals surface area contributed by atoms with Crippen molar-refractivity contribution < 1.29 is 29.0 Å². The Morgan fingerprint density at radius 3 is 2.43 bits per heavy atom. The van der Waals surface area contributed by atoms with E-state index in [2.05, 4.69) is 20.9 Å². The third kappa shape index (κ3) is 5.73. The van der Waals surface area contributed by atoms with E-state index in [1.54, 1.807) is 63.2 Å². The average Bonchev–Trinajstić information content (AvgIpc) is 3.49. The van der Waals surface area contributed by atoms with Gasteiger partial charge >= 0.3 is 11.9 Å². The minimum Gasteiger partial charge on any atom is -0.507 e. The van der Waals surface area contributed by atoms with E-state index in [0.717, 1.165) is 21.4 Å². The maximum Gasteiger partial charge on any atom is 0.350 e. The molecule has 0 aliphatic carbocycles. The summed E-state index contributed by atoms with van der Waals surface area (Å²) in [6, 6.07) is 21.0. The third-order valence-corrected chi connectivity index (χ3v) is 8.45. The zero-order chi connectivity index (χ0) is 30.0. The van der Waals surface area contributed by atoms with Gasteiger partial charge in [0, 0.05) is 10.0 Å². The molecule has 8 nitrogen and oxygen atoms in total. The Kier molecular flexibility index (Phi) is 8.56. The summed E-state index contributed by atoms with van der Waals surface area (Å²) in [5.74, 6) is -1.97. The number of aryl methyl sites for hydroxylation is 2. The van der Waals surface area contributed by atoms with Crippen LogP contribution in [0, 0.1) is 13.8 Å². The van der Waals surface area contributed by atoms with Gasteiger partial charge in [0.05, 0.1) is 23.9 Å². The number of benzene rings is 3. The fourth-order valence-corrected chi connectivity index (χ4v) is 5.99. The standard InChI is InChI=1S/C32H27BrN2O6S/c1-4-40-31(39)29-19(3)34-32(42-29)35-26(21-10-12-22(33)13-11-21)25(28(37)30(35)38)27(36)24-15-14-23(16-18(24)2)41-17-20-8-6-5-7-9-20/h5-16,26,36H,4,17H2,1-3H3/b27-25+/t26-/m1/s1. The van der Waals surface area contributed by atoms with Gasteiger partial charge in [-0.2, -0.15) is 0 Å². The molecule has 4 aromatic rings. The number of ether oxygens (including phenoxy) is 2. The number of hydrogen-bond acceptors (Lipinski definition) is 8. The van der Waals surface area contributed by atoms with Crippen molar-refractivity contribution in [3.63, 3.8) is 0 Å². The number of nitrogens with zero attached hydrogens (tertiary/aromatic N) is 2. The van der Waals surface area contributed by atoms with Crippen molar-refractivity contribution in [1.82, 2.24) is 4.98 Å². The molecule has 1 N–H and O–H groups in total. The summed E-state index contributed by atoms with van der Waals surface area (Å²) in [4.78, 5) is 45.5. The topological polar surface area (TPSA) is 106 Å². The molecule has 1 saturated heterocycles. The van der Waals surface area contributed by atoms with Crippen LogP contribution in [0.4, 0.5) is 5.13 Å². The summed E-state index contributed by atoms with van der Waals surface area (Å²) >= 11 is 4.39. The van der Waals surface area contributed by atoms with Gasteiger partial charge in [0.2, 0.25) is 0 Å². The molecule has 1 fully saturated rings. The molecule has 1 aliphatic heterocycles. The van der Waals surface area contributed by atoms with E-state index < -0.39 is 23.7 Å². The van der Waals surface area contributed by atoms with Gasteiger partial charge in [0.1, 0.15) is 23.0 Å². The second-order valence-electron chi connectivity index (χ2n) is 9.60. The maximum absolute atomic E-state index is 13.6. The van der Waals surface area contributed by atoms with E-state index in [-0.39, 0.29) is 27.9 Å². The van der Waals surface area contributed by atoms with Crippen LogP contribution in [0.3, 0.4) is 0 Å². The van der Waals surface area contributed by atoms with E-state index in [4.69, 9.17) is 9.47 Å². The molecule has 0 unspecified atom stereocenters. The van der Waals surface area contributed by atoms with Gasteiger partial charge in [-0.15, -0.1) is 0 Å². The predicted octanol–water partition coefficient (Wildman–Crippen LogP) is 6.90. The Morgan fingerprint density at radius 1 is 1.05 bits per heavy atom. The number of rotatable bonds is 8. The highest BCUT2D eigenvalue weighted by Gasteiger charge is 2.48. The summed E-state index contributed by atoms with van der Waals surface area (Å²) in [5.41, 5.74) is 2.96. The van der Waals surface area contributed by atoms with Gasteiger partial charge in [0.15, 0.2) is 5.13 Å². The highest BCUT2D eigenvalue weighted by molar-refractivity contribution is 9.10. The highest BCUT2D eigenvalue weighted by atomic mass is 79.9. The average molecular weight is 648 g/mol. The summed E-state index contributed by atoms with van der Waals surface area (Å²) in [5, 5.41) is 11.8. The van der Waals surface area contributed by atoms with Crippen molar-refractivity contribution in [2.45, 2.75) is 33.4 Å². The maximum atomic E-state index is 13.6. The number of hydrogen-bond donors (Lipinski definition) is 1. The largest absolute Gasteiger partial charge is 0.507 e. The second kappa shape index (κ2) is 12.3. The van der Waals surface area contributed by atoms with Crippen LogP contribution < -0.4 is 9.64 Å². The van der Waals surface area contributed by atoms with Gasteiger partial charge in [-0.3, -0.25) is 14.5 Å². The van der Waals surface area contributed by atoms with Crippen LogP contribution in [0.15, 0.2) is 82.8 Å². The van der Waals surface area contributed by atoms with Crippen LogP contribution in [-0.4, -0.2) is 34.4 Å². The van der Waals surface area contributed by atoms with Crippen molar-refractivity contribution in [1.29, 1.82) is 0 Å². The number of carbonyl (C=O) groups excluding carboxylic acids is 3. The molecule has 0 saturated carbocycles. The number of aliphatic hydroxyl groups is 1. The number of anilines is 1. The first-order valence-electron chi connectivity index (χ1n) is 13.2. The number of carbonyl (C=O) groups is 3. The Morgan fingerprint density at radius 2 is 1.76 bits per heavy atom. The monoisotopic (exact) mass is 646 g/mol. The molecule has 1 amide bonds. The number of ketones is 1. The molecule has 2 heterocycles. The molecule has 1 aromatic heterocycles. The smallest absolute Gasteiger partial charge is 0.350 e. The zero-order valence-corrected chi connectivity index (χ0v) is 25.5. The number of esters is 1. The van der Waals surface area contributed by atoms with Gasteiger partial charge in [-0.1, -0.05) is 69.7 Å². The molecule has 0 radical (unpaired) electrons. The molecule has 5 rings (SSSR count). The fraction of sp³-hybridized carbons (Fsp3) is 0.188. The van der Waals surface area contributed by atoms with Crippen LogP contribution in [-0.2, 0) is 20.9 Å². The Balaban J connectivity index is 1.57. The van der Waals surface area contributed by atoms with Crippen LogP contribution in [0.25, 0.3) is 5.76 Å². The van der Waals surface area contributed by atoms with Crippen molar-refractivity contribution >= 4 is 55.8 Å². The first-order valence-corrected chi connectivity index (χ1v) is 14.8. The van der Waals surface area contributed by atoms with E-state index in [0.29, 0.717) is 34.7 Å².